The molecule has 0 bridgehead atoms. The van der Waals surface area contributed by atoms with Crippen molar-refractivity contribution in [2.75, 3.05) is 18.4 Å². The molecule has 0 aliphatic carbocycles. The zero-order valence-corrected chi connectivity index (χ0v) is 14.0. The van der Waals surface area contributed by atoms with Crippen LogP contribution in [0.15, 0.2) is 53.5 Å². The van der Waals surface area contributed by atoms with Crippen molar-refractivity contribution in [3.05, 3.63) is 59.7 Å². The van der Waals surface area contributed by atoms with Gasteiger partial charge in [0.2, 0.25) is 0 Å². The maximum Gasteiger partial charge on any atom is 0.128 e. The van der Waals surface area contributed by atoms with E-state index in [1.165, 1.54) is 0 Å². The zero-order valence-electron chi connectivity index (χ0n) is 14.0. The molecule has 0 atom stereocenters. The molecule has 126 valence electrons. The van der Waals surface area contributed by atoms with Gasteiger partial charge in [-0.1, -0.05) is 24.3 Å². The average molecular weight is 331 g/mol. The van der Waals surface area contributed by atoms with E-state index in [4.69, 9.17) is 10.3 Å². The third-order valence-electron chi connectivity index (χ3n) is 4.96. The predicted molar refractivity (Wildman–Crippen MR) is 100.0 cm³/mol. The lowest BCUT2D eigenvalue weighted by Crippen LogP contribution is -2.58. The second-order valence-corrected chi connectivity index (χ2v) is 6.60. The lowest BCUT2D eigenvalue weighted by Gasteiger charge is -2.43. The highest BCUT2D eigenvalue weighted by molar-refractivity contribution is 6.00. The molecule has 2 aromatic rings. The maximum atomic E-state index is 8.92. The van der Waals surface area contributed by atoms with Gasteiger partial charge in [-0.15, -0.1) is 0 Å². The molecule has 2 heterocycles. The Labute approximate surface area is 147 Å². The monoisotopic (exact) mass is 331 g/mol. The number of nitrogens with one attached hydrogen (secondary N) is 3. The minimum absolute atomic E-state index is 0.133. The molecule has 2 aliphatic heterocycles. The number of aliphatic imine (C=N–C) groups is 1. The molecule has 25 heavy (non-hydrogen) atoms. The smallest absolute Gasteiger partial charge is 0.128 e. The highest BCUT2D eigenvalue weighted by Crippen LogP contribution is 2.36. The van der Waals surface area contributed by atoms with Gasteiger partial charge in [-0.05, 0) is 55.8 Å². The minimum Gasteiger partial charge on any atom is -0.371 e. The largest absolute Gasteiger partial charge is 0.371 e. The van der Waals surface area contributed by atoms with Crippen LogP contribution in [0.4, 0.5) is 11.4 Å². The molecule has 5 heteroatoms. The Morgan fingerprint density at radius 1 is 1.08 bits per heavy atom. The lowest BCUT2D eigenvalue weighted by atomic mass is 9.85. The summed E-state index contributed by atoms with van der Waals surface area (Å²) in [6.45, 7) is 2.66. The van der Waals surface area contributed by atoms with Crippen LogP contribution in [0, 0.1) is 11.3 Å². The van der Waals surface area contributed by atoms with Crippen LogP contribution in [0.2, 0.25) is 0 Å². The molecule has 1 fully saturated rings. The zero-order chi connectivity index (χ0) is 17.1. The summed E-state index contributed by atoms with van der Waals surface area (Å²) in [5.74, 6) is 1.01. The number of hydrogen-bond donors (Lipinski definition) is 3. The van der Waals surface area contributed by atoms with E-state index >= 15 is 0 Å². The first-order chi connectivity index (χ1) is 12.3. The summed E-state index contributed by atoms with van der Waals surface area (Å²) in [5.41, 5.74) is 3.78. The number of rotatable bonds is 2. The summed E-state index contributed by atoms with van der Waals surface area (Å²) in [7, 11) is 0. The highest BCUT2D eigenvalue weighted by Gasteiger charge is 2.40. The Kier molecular flexibility index (Phi) is 4.12. The second kappa shape index (κ2) is 6.58. The molecule has 1 saturated heterocycles. The average Bonchev–Trinajstić information content (AvgIpc) is 2.67. The Morgan fingerprint density at radius 2 is 1.84 bits per heavy atom. The molecule has 4 rings (SSSR count). The molecule has 0 aromatic heterocycles. The van der Waals surface area contributed by atoms with E-state index in [0.717, 1.165) is 48.7 Å². The molecule has 0 amide bonds. The van der Waals surface area contributed by atoms with Crippen LogP contribution >= 0.6 is 0 Å². The van der Waals surface area contributed by atoms with Gasteiger partial charge in [0.1, 0.15) is 5.84 Å². The predicted octanol–water partition coefficient (Wildman–Crippen LogP) is 2.93. The van der Waals surface area contributed by atoms with Gasteiger partial charge < -0.3 is 16.0 Å². The number of para-hydroxylation sites is 2. The first kappa shape index (κ1) is 15.7. The Bertz CT molecular complexity index is 826. The van der Waals surface area contributed by atoms with Crippen LogP contribution in [0.5, 0.6) is 0 Å². The van der Waals surface area contributed by atoms with E-state index in [1.54, 1.807) is 0 Å². The van der Waals surface area contributed by atoms with Crippen molar-refractivity contribution in [2.45, 2.75) is 24.9 Å². The number of nitriles is 1. The molecule has 2 aliphatic rings. The number of benzene rings is 2. The van der Waals surface area contributed by atoms with Crippen molar-refractivity contribution in [3.63, 3.8) is 0 Å². The van der Waals surface area contributed by atoms with Crippen LogP contribution < -0.4 is 16.0 Å². The molecule has 0 radical (unpaired) electrons. The van der Waals surface area contributed by atoms with Crippen LogP contribution in [0.1, 0.15) is 24.0 Å². The van der Waals surface area contributed by atoms with Crippen molar-refractivity contribution in [1.29, 1.82) is 5.26 Å². The SMILES string of the molecule is N#Cc1ccc(CNC2=Nc3ccccc3NC23CCNCC3)cc1. The second-order valence-electron chi connectivity index (χ2n) is 6.60. The topological polar surface area (TPSA) is 72.2 Å². The summed E-state index contributed by atoms with van der Waals surface area (Å²) in [4.78, 5) is 4.93. The summed E-state index contributed by atoms with van der Waals surface area (Å²) in [5, 5.41) is 19.7. The fourth-order valence-corrected chi connectivity index (χ4v) is 3.53. The molecular weight excluding hydrogens is 310 g/mol. The number of fused-ring (bicyclic) bond motifs is 1. The van der Waals surface area contributed by atoms with Gasteiger partial charge >= 0.3 is 0 Å². The van der Waals surface area contributed by atoms with E-state index in [1.807, 2.05) is 42.5 Å². The quantitative estimate of drug-likeness (QED) is 0.791. The standard InChI is InChI=1S/C20H21N5/c21-13-15-5-7-16(8-6-15)14-23-19-20(9-11-22-12-10-20)25-18-4-2-1-3-17(18)24-19/h1-8,22,25H,9-12,14H2,(H,23,24). The van der Waals surface area contributed by atoms with Gasteiger partial charge in [0.05, 0.1) is 28.5 Å². The molecule has 0 unspecified atom stereocenters. The third kappa shape index (κ3) is 3.09. The Morgan fingerprint density at radius 3 is 2.60 bits per heavy atom. The van der Waals surface area contributed by atoms with Crippen LogP contribution in [0.3, 0.4) is 0 Å². The van der Waals surface area contributed by atoms with Crippen molar-refractivity contribution in [3.8, 4) is 6.07 Å². The Hall–Kier alpha value is -2.84. The van der Waals surface area contributed by atoms with Crippen molar-refractivity contribution >= 4 is 17.2 Å². The van der Waals surface area contributed by atoms with Gasteiger partial charge in [-0.3, -0.25) is 0 Å². The Balaban J connectivity index is 1.59. The van der Waals surface area contributed by atoms with Gasteiger partial charge in [0, 0.05) is 6.54 Å². The molecule has 2 aromatic carbocycles. The van der Waals surface area contributed by atoms with Crippen LogP contribution in [-0.2, 0) is 6.54 Å². The molecular formula is C20H21N5. The summed E-state index contributed by atoms with van der Waals surface area (Å²) < 4.78 is 0. The van der Waals surface area contributed by atoms with Gasteiger partial charge in [0.15, 0.2) is 0 Å². The van der Waals surface area contributed by atoms with Gasteiger partial charge in [-0.25, -0.2) is 4.99 Å². The van der Waals surface area contributed by atoms with E-state index in [-0.39, 0.29) is 5.54 Å². The van der Waals surface area contributed by atoms with E-state index in [0.29, 0.717) is 12.1 Å². The minimum atomic E-state index is -0.133. The van der Waals surface area contributed by atoms with E-state index in [9.17, 15) is 0 Å². The first-order valence-corrected chi connectivity index (χ1v) is 8.69. The van der Waals surface area contributed by atoms with Crippen molar-refractivity contribution < 1.29 is 0 Å². The normalized spacial score (nSPS) is 17.8. The molecule has 3 N–H and O–H groups in total. The fraction of sp³-hybridized carbons (Fsp3) is 0.300. The molecule has 0 saturated carbocycles. The van der Waals surface area contributed by atoms with Crippen molar-refractivity contribution in [2.24, 2.45) is 4.99 Å². The number of piperidine rings is 1. The summed E-state index contributed by atoms with van der Waals surface area (Å²) >= 11 is 0. The molecule has 1 spiro atoms. The molecule has 5 nitrogen and oxygen atoms in total. The van der Waals surface area contributed by atoms with Gasteiger partial charge in [-0.2, -0.15) is 5.26 Å². The van der Waals surface area contributed by atoms with Gasteiger partial charge in [0.25, 0.3) is 0 Å². The number of nitrogens with zero attached hydrogens (tertiary/aromatic N) is 2. The van der Waals surface area contributed by atoms with Crippen LogP contribution in [0.25, 0.3) is 0 Å². The fourth-order valence-electron chi connectivity index (χ4n) is 3.53. The third-order valence-corrected chi connectivity index (χ3v) is 4.96. The van der Waals surface area contributed by atoms with E-state index < -0.39 is 0 Å². The summed E-state index contributed by atoms with van der Waals surface area (Å²) in [6, 6.07) is 18.1. The number of amidine groups is 1. The first-order valence-electron chi connectivity index (χ1n) is 8.69. The lowest BCUT2D eigenvalue weighted by molar-refractivity contribution is 0.412. The van der Waals surface area contributed by atoms with Crippen LogP contribution in [-0.4, -0.2) is 24.5 Å². The summed E-state index contributed by atoms with van der Waals surface area (Å²) in [6.07, 6.45) is 2.00. The van der Waals surface area contributed by atoms with Crippen molar-refractivity contribution in [1.82, 2.24) is 10.6 Å². The maximum absolute atomic E-state index is 8.92. The highest BCUT2D eigenvalue weighted by atomic mass is 15.2. The van der Waals surface area contributed by atoms with E-state index in [2.05, 4.69) is 28.1 Å². The number of hydrogen-bond acceptors (Lipinski definition) is 5. The number of anilines is 1.